The van der Waals surface area contributed by atoms with E-state index < -0.39 is 0 Å². The molecule has 13 rings (SSSR count). The second kappa shape index (κ2) is 10.2. The first kappa shape index (κ1) is 28.3. The van der Waals surface area contributed by atoms with Crippen LogP contribution < -0.4 is 0 Å². The van der Waals surface area contributed by atoms with Crippen molar-refractivity contribution in [1.82, 2.24) is 18.9 Å². The average Bonchev–Trinajstić information content (AvgIpc) is 3.71. The maximum atomic E-state index is 5.65. The summed E-state index contributed by atoms with van der Waals surface area (Å²) in [4.78, 5) is 11.2. The first-order valence-corrected chi connectivity index (χ1v) is 18.5. The topological polar surface area (TPSA) is 35.1 Å². The number of aromatic nitrogens is 4. The van der Waals surface area contributed by atoms with Gasteiger partial charge in [0.25, 0.3) is 0 Å². The van der Waals surface area contributed by atoms with Crippen LogP contribution in [-0.4, -0.2) is 18.9 Å². The van der Waals surface area contributed by atoms with Crippen molar-refractivity contribution in [2.75, 3.05) is 0 Å². The van der Waals surface area contributed by atoms with E-state index >= 15 is 0 Å². The summed E-state index contributed by atoms with van der Waals surface area (Å²) in [6.07, 6.45) is 0. The van der Waals surface area contributed by atoms with E-state index in [0.717, 1.165) is 49.9 Å². The molecular formula is C50H28N4. The van der Waals surface area contributed by atoms with Crippen molar-refractivity contribution >= 4 is 103 Å². The molecule has 0 saturated carbocycles. The lowest BCUT2D eigenvalue weighted by Gasteiger charge is -2.16. The van der Waals surface area contributed by atoms with Crippen molar-refractivity contribution in [3.63, 3.8) is 0 Å². The zero-order chi connectivity index (χ0) is 35.1. The molecule has 0 fully saturated rings. The van der Waals surface area contributed by atoms with Crippen LogP contribution in [0.5, 0.6) is 0 Å². The summed E-state index contributed by atoms with van der Waals surface area (Å²) in [5.74, 6) is 0.823. The molecular weight excluding hydrogens is 657 g/mol. The van der Waals surface area contributed by atoms with Gasteiger partial charge in [0.2, 0.25) is 0 Å². The van der Waals surface area contributed by atoms with Gasteiger partial charge in [-0.15, -0.1) is 0 Å². The van der Waals surface area contributed by atoms with E-state index in [9.17, 15) is 0 Å². The fourth-order valence-corrected chi connectivity index (χ4v) is 9.55. The minimum absolute atomic E-state index is 0.823. The third-order valence-electron chi connectivity index (χ3n) is 11.7. The SMILES string of the molecule is c1ccc(-c2nc3c(ccc4ccccc43)nc2-n2c3cc4ccccc4c4c5cccc6c7ccccc7n(c7cc8ccccc8c2c7c43)c65)cc1. The summed E-state index contributed by atoms with van der Waals surface area (Å²) in [7, 11) is 0. The first-order chi connectivity index (χ1) is 26.8. The van der Waals surface area contributed by atoms with Crippen molar-refractivity contribution in [1.29, 1.82) is 0 Å². The molecule has 0 bridgehead atoms. The summed E-state index contributed by atoms with van der Waals surface area (Å²) in [6, 6.07) is 61.5. The van der Waals surface area contributed by atoms with Crippen molar-refractivity contribution in [2.24, 2.45) is 0 Å². The van der Waals surface area contributed by atoms with E-state index in [2.05, 4.69) is 179 Å². The zero-order valence-corrected chi connectivity index (χ0v) is 29.0. The molecule has 4 heterocycles. The lowest BCUT2D eigenvalue weighted by molar-refractivity contribution is 1.09. The third kappa shape index (κ3) is 3.52. The van der Waals surface area contributed by atoms with Crippen LogP contribution in [-0.2, 0) is 0 Å². The van der Waals surface area contributed by atoms with Gasteiger partial charge in [0, 0.05) is 48.7 Å². The Morgan fingerprint density at radius 3 is 1.87 bits per heavy atom. The minimum Gasteiger partial charge on any atom is -0.308 e. The molecule has 0 atom stereocenters. The molecule has 13 aromatic rings. The zero-order valence-electron chi connectivity index (χ0n) is 29.0. The Hall–Kier alpha value is -7.30. The number of benzene rings is 9. The van der Waals surface area contributed by atoms with Gasteiger partial charge in [-0.25, -0.2) is 9.97 Å². The van der Waals surface area contributed by atoms with Crippen LogP contribution >= 0.6 is 0 Å². The highest BCUT2D eigenvalue weighted by Gasteiger charge is 2.27. The average molecular weight is 685 g/mol. The molecule has 4 heteroatoms. The molecule has 9 aromatic carbocycles. The Morgan fingerprint density at radius 1 is 0.370 bits per heavy atom. The van der Waals surface area contributed by atoms with Crippen molar-refractivity contribution in [3.8, 4) is 17.1 Å². The van der Waals surface area contributed by atoms with Gasteiger partial charge in [-0.3, -0.25) is 4.57 Å². The Morgan fingerprint density at radius 2 is 1.02 bits per heavy atom. The maximum absolute atomic E-state index is 5.65. The Labute approximate surface area is 308 Å². The number of hydrogen-bond acceptors (Lipinski definition) is 2. The molecule has 248 valence electrons. The highest BCUT2D eigenvalue weighted by Crippen LogP contribution is 2.49. The Balaban J connectivity index is 1.37. The van der Waals surface area contributed by atoms with E-state index in [0.29, 0.717) is 0 Å². The summed E-state index contributed by atoms with van der Waals surface area (Å²) < 4.78 is 4.97. The Kier molecular flexibility index (Phi) is 5.34. The third-order valence-corrected chi connectivity index (χ3v) is 11.7. The quantitative estimate of drug-likeness (QED) is 0.170. The minimum atomic E-state index is 0.823. The predicted octanol–water partition coefficient (Wildman–Crippen LogP) is 13.0. The van der Waals surface area contributed by atoms with E-state index in [1.807, 2.05) is 0 Å². The number of nitrogens with zero attached hydrogens (tertiary/aromatic N) is 4. The summed E-state index contributed by atoms with van der Waals surface area (Å²) in [6.45, 7) is 0. The molecule has 0 aliphatic rings. The van der Waals surface area contributed by atoms with Gasteiger partial charge in [0.1, 0.15) is 5.69 Å². The number of para-hydroxylation sites is 2. The van der Waals surface area contributed by atoms with E-state index in [-0.39, 0.29) is 0 Å². The van der Waals surface area contributed by atoms with Gasteiger partial charge in [0.15, 0.2) is 5.82 Å². The van der Waals surface area contributed by atoms with Gasteiger partial charge in [-0.1, -0.05) is 146 Å². The molecule has 0 aliphatic heterocycles. The van der Waals surface area contributed by atoms with Crippen molar-refractivity contribution < 1.29 is 0 Å². The van der Waals surface area contributed by atoms with Crippen LogP contribution in [0.2, 0.25) is 0 Å². The van der Waals surface area contributed by atoms with Crippen LogP contribution in [0.1, 0.15) is 0 Å². The molecule has 0 N–H and O–H groups in total. The molecule has 0 saturated heterocycles. The van der Waals surface area contributed by atoms with Crippen molar-refractivity contribution in [2.45, 2.75) is 0 Å². The van der Waals surface area contributed by atoms with Gasteiger partial charge >= 0.3 is 0 Å². The lowest BCUT2D eigenvalue weighted by Crippen LogP contribution is -2.04. The van der Waals surface area contributed by atoms with E-state index in [1.54, 1.807) is 0 Å². The van der Waals surface area contributed by atoms with Crippen LogP contribution in [0.3, 0.4) is 0 Å². The number of fused-ring (bicyclic) bond motifs is 12. The highest BCUT2D eigenvalue weighted by atomic mass is 15.1. The smallest absolute Gasteiger partial charge is 0.165 e. The largest absolute Gasteiger partial charge is 0.308 e. The molecule has 0 unspecified atom stereocenters. The second-order valence-electron chi connectivity index (χ2n) is 14.5. The van der Waals surface area contributed by atoms with Gasteiger partial charge < -0.3 is 4.40 Å². The van der Waals surface area contributed by atoms with Crippen molar-refractivity contribution in [3.05, 3.63) is 170 Å². The molecule has 0 aliphatic carbocycles. The normalized spacial score (nSPS) is 12.4. The molecule has 54 heavy (non-hydrogen) atoms. The highest BCUT2D eigenvalue weighted by molar-refractivity contribution is 6.39. The maximum Gasteiger partial charge on any atom is 0.165 e. The van der Waals surface area contributed by atoms with E-state index in [4.69, 9.17) is 9.97 Å². The predicted molar refractivity (Wildman–Crippen MR) is 226 cm³/mol. The summed E-state index contributed by atoms with van der Waals surface area (Å²) in [5, 5.41) is 14.5. The molecule has 0 amide bonds. The fraction of sp³-hybridized carbons (Fsp3) is 0. The van der Waals surface area contributed by atoms with E-state index in [1.165, 1.54) is 70.4 Å². The van der Waals surface area contributed by atoms with Crippen LogP contribution in [0.25, 0.3) is 120 Å². The molecule has 4 aromatic heterocycles. The van der Waals surface area contributed by atoms with Crippen LogP contribution in [0.4, 0.5) is 0 Å². The first-order valence-electron chi connectivity index (χ1n) is 18.5. The Bertz CT molecular complexity index is 3720. The number of hydrogen-bond donors (Lipinski definition) is 0. The molecule has 4 nitrogen and oxygen atoms in total. The molecule has 0 spiro atoms. The lowest BCUT2D eigenvalue weighted by atomic mass is 9.97. The van der Waals surface area contributed by atoms with Crippen LogP contribution in [0, 0.1) is 0 Å². The monoisotopic (exact) mass is 684 g/mol. The van der Waals surface area contributed by atoms with Gasteiger partial charge in [-0.2, -0.15) is 0 Å². The summed E-state index contributed by atoms with van der Waals surface area (Å²) >= 11 is 0. The van der Waals surface area contributed by atoms with Gasteiger partial charge in [-0.05, 0) is 45.8 Å². The summed E-state index contributed by atoms with van der Waals surface area (Å²) in [5.41, 5.74) is 9.56. The fourth-order valence-electron chi connectivity index (χ4n) is 9.55. The standard InChI is InChI=1S/C50H28N4/c1-2-14-30(15-3-1)46-50(51-39-26-25-29-13-4-8-19-34(29)47(39)52-46)54-41-27-31-16-5-7-18-33(31)43-38-23-12-22-37-36-21-10-11-24-40(36)53(48(37)38)42-28-32-17-6-9-20-35(32)49(54)45(42)44(41)43/h1-28H. The van der Waals surface area contributed by atoms with Crippen LogP contribution in [0.15, 0.2) is 170 Å². The second-order valence-corrected chi connectivity index (χ2v) is 14.5. The number of rotatable bonds is 2. The molecule has 0 radical (unpaired) electrons. The van der Waals surface area contributed by atoms with Gasteiger partial charge in [0.05, 0.1) is 38.6 Å².